The molecular formula is C25H33N3O3S. The molecule has 0 aromatic heterocycles. The average molecular weight is 456 g/mol. The number of anilines is 1. The Kier molecular flexibility index (Phi) is 7.39. The largest absolute Gasteiger partial charge is 0.271 e. The number of carbonyl (C=O) groups is 1. The Morgan fingerprint density at radius 3 is 2.16 bits per heavy atom. The normalized spacial score (nSPS) is 17.0. The van der Waals surface area contributed by atoms with E-state index in [1.807, 2.05) is 30.3 Å². The monoisotopic (exact) mass is 455 g/mol. The molecule has 32 heavy (non-hydrogen) atoms. The van der Waals surface area contributed by atoms with Crippen LogP contribution in [0.25, 0.3) is 0 Å². The number of benzene rings is 2. The van der Waals surface area contributed by atoms with Crippen LogP contribution >= 0.6 is 0 Å². The molecule has 7 heteroatoms. The Labute approximate surface area is 191 Å². The molecule has 1 amide bonds. The van der Waals surface area contributed by atoms with Gasteiger partial charge in [-0.25, -0.2) is 13.8 Å². The molecule has 6 nitrogen and oxygen atoms in total. The Morgan fingerprint density at radius 2 is 1.62 bits per heavy atom. The molecule has 0 saturated heterocycles. The highest BCUT2D eigenvalue weighted by Crippen LogP contribution is 2.36. The fraction of sp³-hybridized carbons (Fsp3) is 0.440. The van der Waals surface area contributed by atoms with E-state index in [0.717, 1.165) is 37.0 Å². The molecule has 0 aliphatic heterocycles. The smallest absolute Gasteiger partial charge is 0.267 e. The van der Waals surface area contributed by atoms with E-state index in [1.54, 1.807) is 24.3 Å². The summed E-state index contributed by atoms with van der Waals surface area (Å²) in [6.45, 7) is 7.05. The SMILES string of the molecule is CC(C)(C)C1CCC(=NNC(=O)c2ccc(N(Cc3ccccc3)S(C)(=O)=O)cc2)CC1. The zero-order valence-electron chi connectivity index (χ0n) is 19.3. The second-order valence-corrected chi connectivity index (χ2v) is 11.5. The van der Waals surface area contributed by atoms with Crippen LogP contribution in [-0.2, 0) is 16.6 Å². The van der Waals surface area contributed by atoms with Gasteiger partial charge in [0.05, 0.1) is 18.5 Å². The molecule has 0 atom stereocenters. The number of nitrogens with one attached hydrogen (secondary N) is 1. The Bertz CT molecular complexity index is 1050. The van der Waals surface area contributed by atoms with Crippen molar-refractivity contribution in [3.05, 3.63) is 65.7 Å². The highest BCUT2D eigenvalue weighted by molar-refractivity contribution is 7.92. The lowest BCUT2D eigenvalue weighted by Gasteiger charge is -2.34. The van der Waals surface area contributed by atoms with E-state index in [4.69, 9.17) is 0 Å². The first-order valence-electron chi connectivity index (χ1n) is 11.0. The van der Waals surface area contributed by atoms with E-state index < -0.39 is 10.0 Å². The quantitative estimate of drug-likeness (QED) is 0.624. The van der Waals surface area contributed by atoms with Gasteiger partial charge in [-0.2, -0.15) is 5.10 Å². The van der Waals surface area contributed by atoms with Gasteiger partial charge in [0, 0.05) is 11.3 Å². The molecule has 0 radical (unpaired) electrons. The molecule has 3 rings (SSSR count). The van der Waals surface area contributed by atoms with E-state index in [9.17, 15) is 13.2 Å². The van der Waals surface area contributed by atoms with Crippen LogP contribution in [0.15, 0.2) is 59.7 Å². The maximum atomic E-state index is 12.5. The highest BCUT2D eigenvalue weighted by atomic mass is 32.2. The second-order valence-electron chi connectivity index (χ2n) is 9.56. The summed E-state index contributed by atoms with van der Waals surface area (Å²) < 4.78 is 26.0. The van der Waals surface area contributed by atoms with Crippen LogP contribution in [0.5, 0.6) is 0 Å². The summed E-state index contributed by atoms with van der Waals surface area (Å²) in [6.07, 6.45) is 5.18. The molecule has 0 unspecified atom stereocenters. The van der Waals surface area contributed by atoms with E-state index in [1.165, 1.54) is 10.6 Å². The molecule has 0 heterocycles. The van der Waals surface area contributed by atoms with Gasteiger partial charge in [0.1, 0.15) is 0 Å². The maximum absolute atomic E-state index is 12.5. The van der Waals surface area contributed by atoms with E-state index >= 15 is 0 Å². The van der Waals surface area contributed by atoms with Crippen LogP contribution in [0, 0.1) is 11.3 Å². The van der Waals surface area contributed by atoms with Gasteiger partial charge in [-0.1, -0.05) is 51.1 Å². The van der Waals surface area contributed by atoms with E-state index in [0.29, 0.717) is 22.6 Å². The third-order valence-electron chi connectivity index (χ3n) is 6.09. The van der Waals surface area contributed by atoms with Crippen LogP contribution in [0.3, 0.4) is 0 Å². The van der Waals surface area contributed by atoms with Crippen molar-refractivity contribution in [1.29, 1.82) is 0 Å². The van der Waals surface area contributed by atoms with Crippen molar-refractivity contribution in [3.63, 3.8) is 0 Å². The fourth-order valence-corrected chi connectivity index (χ4v) is 4.94. The minimum Gasteiger partial charge on any atom is -0.267 e. The van der Waals surface area contributed by atoms with Crippen molar-refractivity contribution in [2.45, 2.75) is 53.0 Å². The topological polar surface area (TPSA) is 78.8 Å². The van der Waals surface area contributed by atoms with Gasteiger partial charge >= 0.3 is 0 Å². The molecule has 0 bridgehead atoms. The number of hydrogen-bond donors (Lipinski definition) is 1. The zero-order valence-corrected chi connectivity index (χ0v) is 20.2. The number of hydrazone groups is 1. The highest BCUT2D eigenvalue weighted by Gasteiger charge is 2.28. The van der Waals surface area contributed by atoms with Crippen LogP contribution in [0.2, 0.25) is 0 Å². The molecule has 2 aromatic carbocycles. The Balaban J connectivity index is 1.64. The average Bonchev–Trinajstić information content (AvgIpc) is 2.75. The lowest BCUT2D eigenvalue weighted by Crippen LogP contribution is -2.29. The Morgan fingerprint density at radius 1 is 1.03 bits per heavy atom. The first kappa shape index (κ1) is 24.0. The van der Waals surface area contributed by atoms with Crippen LogP contribution in [0.4, 0.5) is 5.69 Å². The van der Waals surface area contributed by atoms with Gasteiger partial charge in [-0.3, -0.25) is 9.10 Å². The van der Waals surface area contributed by atoms with Gasteiger partial charge in [0.25, 0.3) is 5.91 Å². The number of amides is 1. The molecule has 1 saturated carbocycles. The minimum absolute atomic E-state index is 0.231. The first-order valence-corrected chi connectivity index (χ1v) is 12.9. The predicted octanol–water partition coefficient (Wildman–Crippen LogP) is 4.97. The van der Waals surface area contributed by atoms with Crippen molar-refractivity contribution in [2.24, 2.45) is 16.4 Å². The molecular weight excluding hydrogens is 422 g/mol. The molecule has 0 spiro atoms. The molecule has 1 N–H and O–H groups in total. The third kappa shape index (κ3) is 6.42. The Hall–Kier alpha value is -2.67. The van der Waals surface area contributed by atoms with E-state index in [-0.39, 0.29) is 12.5 Å². The summed E-state index contributed by atoms with van der Waals surface area (Å²) in [6, 6.07) is 16.0. The summed E-state index contributed by atoms with van der Waals surface area (Å²) >= 11 is 0. The predicted molar refractivity (Wildman–Crippen MR) is 130 cm³/mol. The van der Waals surface area contributed by atoms with Gasteiger partial charge in [-0.15, -0.1) is 0 Å². The zero-order chi connectivity index (χ0) is 23.4. The summed E-state index contributed by atoms with van der Waals surface area (Å²) in [4.78, 5) is 12.5. The van der Waals surface area contributed by atoms with Crippen molar-refractivity contribution < 1.29 is 13.2 Å². The molecule has 2 aromatic rings. The molecule has 172 valence electrons. The minimum atomic E-state index is -3.48. The van der Waals surface area contributed by atoms with Crippen molar-refractivity contribution >= 4 is 27.3 Å². The fourth-order valence-electron chi connectivity index (χ4n) is 4.05. The molecule has 1 aliphatic carbocycles. The van der Waals surface area contributed by atoms with Gasteiger partial charge < -0.3 is 0 Å². The summed E-state index contributed by atoms with van der Waals surface area (Å²) in [7, 11) is -3.48. The summed E-state index contributed by atoms with van der Waals surface area (Å²) in [5.74, 6) is 0.384. The maximum Gasteiger partial charge on any atom is 0.271 e. The van der Waals surface area contributed by atoms with E-state index in [2.05, 4.69) is 31.3 Å². The number of carbonyl (C=O) groups excluding carboxylic acids is 1. The number of sulfonamides is 1. The third-order valence-corrected chi connectivity index (χ3v) is 7.23. The number of hydrogen-bond acceptors (Lipinski definition) is 4. The lowest BCUT2D eigenvalue weighted by atomic mass is 9.72. The molecule has 1 aliphatic rings. The van der Waals surface area contributed by atoms with Gasteiger partial charge in [-0.05, 0) is 66.8 Å². The standard InChI is InChI=1S/C25H33N3O3S/c1-25(2,3)21-12-14-22(15-13-21)26-27-24(29)20-10-16-23(17-11-20)28(32(4,30)31)18-19-8-6-5-7-9-19/h5-11,16-17,21H,12-15,18H2,1-4H3,(H,27,29). The van der Waals surface area contributed by atoms with Crippen LogP contribution in [-0.4, -0.2) is 26.3 Å². The van der Waals surface area contributed by atoms with Crippen molar-refractivity contribution in [2.75, 3.05) is 10.6 Å². The van der Waals surface area contributed by atoms with Gasteiger partial charge in [0.15, 0.2) is 0 Å². The van der Waals surface area contributed by atoms with Crippen molar-refractivity contribution in [1.82, 2.24) is 5.43 Å². The first-order chi connectivity index (χ1) is 15.0. The second kappa shape index (κ2) is 9.86. The van der Waals surface area contributed by atoms with Gasteiger partial charge in [0.2, 0.25) is 10.0 Å². The van der Waals surface area contributed by atoms with Crippen molar-refractivity contribution in [3.8, 4) is 0 Å². The van der Waals surface area contributed by atoms with Crippen LogP contribution < -0.4 is 9.73 Å². The molecule has 1 fully saturated rings. The number of nitrogens with zero attached hydrogens (tertiary/aromatic N) is 2. The van der Waals surface area contributed by atoms with Crippen LogP contribution in [0.1, 0.15) is 62.4 Å². The lowest BCUT2D eigenvalue weighted by molar-refractivity contribution is 0.0954. The summed E-state index contributed by atoms with van der Waals surface area (Å²) in [5, 5.41) is 4.34. The summed E-state index contributed by atoms with van der Waals surface area (Å²) in [5.41, 5.74) is 5.83. The number of rotatable bonds is 6.